The lowest BCUT2D eigenvalue weighted by Crippen LogP contribution is -2.45. The molecule has 6 heteroatoms. The topological polar surface area (TPSA) is 43.8 Å². The number of hydrogen-bond acceptors (Lipinski definition) is 5. The van der Waals surface area contributed by atoms with Crippen LogP contribution in [0.4, 0.5) is 0 Å². The van der Waals surface area contributed by atoms with Gasteiger partial charge in [-0.2, -0.15) is 0 Å². The molecule has 0 aromatic carbocycles. The number of aliphatic carboxylic acids is 1. The summed E-state index contributed by atoms with van der Waals surface area (Å²) >= 11 is 5.93. The average molecular weight is 208 g/mol. The molecular formula is C6H12N2O2S2. The second-order valence-corrected chi connectivity index (χ2v) is 4.62. The monoisotopic (exact) mass is 208 g/mol. The van der Waals surface area contributed by atoms with Crippen LogP contribution in [0.3, 0.4) is 0 Å². The van der Waals surface area contributed by atoms with Crippen LogP contribution in [-0.2, 0) is 4.79 Å². The quantitative estimate of drug-likeness (QED) is 0.634. The summed E-state index contributed by atoms with van der Waals surface area (Å²) in [6, 6.07) is 0. The van der Waals surface area contributed by atoms with E-state index < -0.39 is 5.97 Å². The van der Waals surface area contributed by atoms with Crippen molar-refractivity contribution in [3.05, 3.63) is 0 Å². The molecule has 0 aromatic heterocycles. The Morgan fingerprint density at radius 3 is 3.00 bits per heavy atom. The lowest BCUT2D eigenvalue weighted by atomic mass is 10.6. The predicted octanol–water partition coefficient (Wildman–Crippen LogP) is 0.180. The van der Waals surface area contributed by atoms with Gasteiger partial charge in [-0.1, -0.05) is 0 Å². The zero-order valence-electron chi connectivity index (χ0n) is 6.80. The van der Waals surface area contributed by atoms with Crippen molar-refractivity contribution in [2.24, 2.45) is 0 Å². The number of rotatable bonds is 2. The first kappa shape index (κ1) is 10.2. The molecule has 1 unspecified atom stereocenters. The molecule has 70 valence electrons. The van der Waals surface area contributed by atoms with Gasteiger partial charge in [-0.05, 0) is 7.05 Å². The third-order valence-electron chi connectivity index (χ3n) is 1.57. The molecular weight excluding hydrogens is 196 g/mol. The second-order valence-electron chi connectivity index (χ2n) is 2.74. The van der Waals surface area contributed by atoms with E-state index in [-0.39, 0.29) is 11.3 Å². The first-order valence-corrected chi connectivity index (χ1v) is 5.10. The number of carboxylic acids is 1. The van der Waals surface area contributed by atoms with Crippen molar-refractivity contribution in [1.82, 2.24) is 9.80 Å². The first-order chi connectivity index (χ1) is 5.59. The van der Waals surface area contributed by atoms with Crippen LogP contribution in [0.2, 0.25) is 0 Å². The fourth-order valence-corrected chi connectivity index (χ4v) is 2.12. The summed E-state index contributed by atoms with van der Waals surface area (Å²) in [5.74, 6) is -0.0354. The van der Waals surface area contributed by atoms with Crippen LogP contribution in [-0.4, -0.2) is 51.7 Å². The number of carbonyl (C=O) groups is 1. The molecule has 12 heavy (non-hydrogen) atoms. The van der Waals surface area contributed by atoms with Gasteiger partial charge in [0, 0.05) is 5.88 Å². The minimum atomic E-state index is -0.776. The summed E-state index contributed by atoms with van der Waals surface area (Å²) in [6.07, 6.45) is 0. The predicted molar refractivity (Wildman–Crippen MR) is 52.2 cm³/mol. The number of nitrogens with zero attached hydrogens (tertiary/aromatic N) is 2. The van der Waals surface area contributed by atoms with Gasteiger partial charge in [-0.3, -0.25) is 14.6 Å². The Hall–Kier alpha value is 0.0900. The smallest absolute Gasteiger partial charge is 0.317 e. The highest BCUT2D eigenvalue weighted by molar-refractivity contribution is 8.10. The number of carboxylic acid groups (broad SMARTS) is 1. The molecule has 1 atom stereocenters. The highest BCUT2D eigenvalue weighted by Gasteiger charge is 2.22. The molecule has 1 aliphatic rings. The van der Waals surface area contributed by atoms with E-state index in [0.717, 1.165) is 5.88 Å². The van der Waals surface area contributed by atoms with E-state index >= 15 is 0 Å². The van der Waals surface area contributed by atoms with Crippen molar-refractivity contribution in [3.63, 3.8) is 0 Å². The van der Waals surface area contributed by atoms with Gasteiger partial charge in [-0.25, -0.2) is 0 Å². The van der Waals surface area contributed by atoms with Crippen molar-refractivity contribution in [2.45, 2.75) is 4.71 Å². The Kier molecular flexibility index (Phi) is 3.70. The van der Waals surface area contributed by atoms with Gasteiger partial charge in [0.25, 0.3) is 0 Å². The van der Waals surface area contributed by atoms with Crippen molar-refractivity contribution in [2.75, 3.05) is 26.1 Å². The van der Waals surface area contributed by atoms with Crippen LogP contribution in [0, 0.1) is 0 Å². The average Bonchev–Trinajstić information content (AvgIpc) is 1.96. The SMILES string of the molecule is CN1CN(CC(=O)O)CSC1S. The summed E-state index contributed by atoms with van der Waals surface area (Å²) in [6.45, 7) is 0.783. The fourth-order valence-electron chi connectivity index (χ4n) is 1.01. The molecule has 0 aromatic rings. The zero-order valence-corrected chi connectivity index (χ0v) is 8.51. The molecule has 1 aliphatic heterocycles. The Morgan fingerprint density at radius 2 is 2.50 bits per heavy atom. The fraction of sp³-hybridized carbons (Fsp3) is 0.833. The molecule has 1 rings (SSSR count). The number of thioether (sulfide) groups is 1. The number of thiol groups is 1. The van der Waals surface area contributed by atoms with Gasteiger partial charge in [0.1, 0.15) is 4.71 Å². The van der Waals surface area contributed by atoms with Crippen molar-refractivity contribution >= 4 is 30.4 Å². The first-order valence-electron chi connectivity index (χ1n) is 3.53. The molecule has 4 nitrogen and oxygen atoms in total. The Bertz CT molecular complexity index is 179. The maximum atomic E-state index is 10.4. The minimum Gasteiger partial charge on any atom is -0.480 e. The largest absolute Gasteiger partial charge is 0.480 e. The van der Waals surface area contributed by atoms with E-state index in [4.69, 9.17) is 5.11 Å². The summed E-state index contributed by atoms with van der Waals surface area (Å²) in [7, 11) is 1.93. The van der Waals surface area contributed by atoms with E-state index in [2.05, 4.69) is 12.6 Å². The molecule has 1 saturated heterocycles. The molecule has 0 amide bonds. The van der Waals surface area contributed by atoms with Crippen LogP contribution in [0.5, 0.6) is 0 Å². The maximum absolute atomic E-state index is 10.4. The van der Waals surface area contributed by atoms with Gasteiger partial charge in [0.15, 0.2) is 0 Å². The summed E-state index contributed by atoms with van der Waals surface area (Å²) in [4.78, 5) is 14.2. The van der Waals surface area contributed by atoms with Crippen molar-refractivity contribution in [1.29, 1.82) is 0 Å². The van der Waals surface area contributed by atoms with Crippen LogP contribution in [0.1, 0.15) is 0 Å². The molecule has 0 saturated carbocycles. The summed E-state index contributed by atoms with van der Waals surface area (Å²) in [5, 5.41) is 8.53. The van der Waals surface area contributed by atoms with Crippen LogP contribution in [0.25, 0.3) is 0 Å². The molecule has 1 heterocycles. The van der Waals surface area contributed by atoms with E-state index in [1.54, 1.807) is 11.8 Å². The third-order valence-corrected chi connectivity index (χ3v) is 3.58. The van der Waals surface area contributed by atoms with Gasteiger partial charge in [-0.15, -0.1) is 24.4 Å². The van der Waals surface area contributed by atoms with Gasteiger partial charge < -0.3 is 5.11 Å². The lowest BCUT2D eigenvalue weighted by Gasteiger charge is -2.35. The summed E-state index contributed by atoms with van der Waals surface area (Å²) < 4.78 is 0.190. The number of hydrogen-bond donors (Lipinski definition) is 2. The molecule has 0 spiro atoms. The standard InChI is InChI=1S/C6H12N2O2S2/c1-7-3-8(2-5(9)10)4-12-6(7)11/h6,11H,2-4H2,1H3,(H,9,10). The van der Waals surface area contributed by atoms with Crippen molar-refractivity contribution < 1.29 is 9.90 Å². The summed E-state index contributed by atoms with van der Waals surface area (Å²) in [5.41, 5.74) is 0. The highest BCUT2D eigenvalue weighted by Crippen LogP contribution is 2.23. The van der Waals surface area contributed by atoms with Crippen LogP contribution >= 0.6 is 24.4 Å². The lowest BCUT2D eigenvalue weighted by molar-refractivity contribution is -0.138. The highest BCUT2D eigenvalue weighted by atomic mass is 32.2. The molecule has 0 aliphatic carbocycles. The third kappa shape index (κ3) is 2.85. The van der Waals surface area contributed by atoms with Gasteiger partial charge in [0.05, 0.1) is 13.2 Å². The Labute approximate surface area is 81.3 Å². The normalized spacial score (nSPS) is 27.3. The van der Waals surface area contributed by atoms with E-state index in [0.29, 0.717) is 6.67 Å². The molecule has 1 N–H and O–H groups in total. The Balaban J connectivity index is 2.35. The maximum Gasteiger partial charge on any atom is 0.317 e. The molecule has 0 bridgehead atoms. The van der Waals surface area contributed by atoms with Crippen molar-refractivity contribution in [3.8, 4) is 0 Å². The van der Waals surface area contributed by atoms with E-state index in [1.807, 2.05) is 16.8 Å². The minimum absolute atomic E-state index is 0.109. The van der Waals surface area contributed by atoms with Crippen LogP contribution < -0.4 is 0 Å². The second kappa shape index (κ2) is 4.36. The van der Waals surface area contributed by atoms with Gasteiger partial charge >= 0.3 is 5.97 Å². The molecule has 0 radical (unpaired) electrons. The zero-order chi connectivity index (χ0) is 9.14. The van der Waals surface area contributed by atoms with E-state index in [9.17, 15) is 4.79 Å². The van der Waals surface area contributed by atoms with Crippen LogP contribution in [0.15, 0.2) is 0 Å². The molecule has 1 fully saturated rings. The van der Waals surface area contributed by atoms with Gasteiger partial charge in [0.2, 0.25) is 0 Å². The Morgan fingerprint density at radius 1 is 1.83 bits per heavy atom. The van der Waals surface area contributed by atoms with E-state index in [1.165, 1.54) is 0 Å².